The van der Waals surface area contributed by atoms with Crippen molar-refractivity contribution in [2.75, 3.05) is 24.1 Å². The number of nitrogens with one attached hydrogen (secondary N) is 1. The summed E-state index contributed by atoms with van der Waals surface area (Å²) < 4.78 is 3.37. The Hall–Kier alpha value is -3.48. The van der Waals surface area contributed by atoms with Gasteiger partial charge in [0.1, 0.15) is 28.3 Å². The zero-order valence-corrected chi connectivity index (χ0v) is 17.8. The van der Waals surface area contributed by atoms with Crippen LogP contribution in [0.3, 0.4) is 0 Å². The molecule has 0 bridgehead atoms. The molecule has 0 saturated heterocycles. The van der Waals surface area contributed by atoms with Crippen LogP contribution < -0.4 is 11.1 Å². The molecule has 31 heavy (non-hydrogen) atoms. The molecular weight excluding hydrogens is 418 g/mol. The van der Waals surface area contributed by atoms with Crippen LogP contribution in [0.2, 0.25) is 5.02 Å². The Morgan fingerprint density at radius 1 is 1.45 bits per heavy atom. The number of nitriles is 1. The lowest BCUT2D eigenvalue weighted by Gasteiger charge is -2.18. The molecule has 0 amide bonds. The van der Waals surface area contributed by atoms with Crippen LogP contribution in [0.4, 0.5) is 11.6 Å². The summed E-state index contributed by atoms with van der Waals surface area (Å²) in [5.74, 6) is 0.892. The normalized spacial score (nSPS) is 18.1. The summed E-state index contributed by atoms with van der Waals surface area (Å²) in [6, 6.07) is 4.33. The maximum Gasteiger partial charge on any atom is 0.178 e. The maximum absolute atomic E-state index is 9.53. The number of aryl methyl sites for hydroxylation is 1. The van der Waals surface area contributed by atoms with E-state index in [9.17, 15) is 5.26 Å². The SMILES string of the molecule is Cc1nn2c(N)c(C#N)c(NCCc3ccn(C4CCCC4CN=[N+]=[N-])n3)nc2c1Cl. The second kappa shape index (κ2) is 8.71. The van der Waals surface area contributed by atoms with Crippen LogP contribution in [-0.4, -0.2) is 37.5 Å². The number of hydrogen-bond acceptors (Lipinski definition) is 7. The number of halogens is 1. The van der Waals surface area contributed by atoms with E-state index in [1.165, 1.54) is 4.52 Å². The van der Waals surface area contributed by atoms with Crippen molar-refractivity contribution in [1.29, 1.82) is 5.26 Å². The smallest absolute Gasteiger partial charge is 0.178 e. The van der Waals surface area contributed by atoms with Gasteiger partial charge in [-0.3, -0.25) is 4.68 Å². The molecule has 3 N–H and O–H groups in total. The second-order valence-corrected chi connectivity index (χ2v) is 7.98. The van der Waals surface area contributed by atoms with Crippen LogP contribution in [0.5, 0.6) is 0 Å². The zero-order chi connectivity index (χ0) is 22.0. The van der Waals surface area contributed by atoms with E-state index >= 15 is 0 Å². The minimum Gasteiger partial charge on any atom is -0.382 e. The first-order valence-electron chi connectivity index (χ1n) is 10.1. The lowest BCUT2D eigenvalue weighted by atomic mass is 10.0. The third kappa shape index (κ3) is 3.95. The summed E-state index contributed by atoms with van der Waals surface area (Å²) in [7, 11) is 0. The summed E-state index contributed by atoms with van der Waals surface area (Å²) in [4.78, 5) is 7.34. The lowest BCUT2D eigenvalue weighted by molar-refractivity contribution is 0.356. The van der Waals surface area contributed by atoms with Gasteiger partial charge in [-0.1, -0.05) is 23.1 Å². The van der Waals surface area contributed by atoms with E-state index in [1.807, 2.05) is 16.9 Å². The number of nitrogen functional groups attached to an aromatic ring is 1. The standard InChI is InChI=1S/C19H22ClN11/c1-11-16(20)19-26-18(14(9-21)17(22)31(19)27-11)24-7-5-13-6-8-30(28-13)15-4-2-3-12(15)10-25-29-23/h6,8,12,15H,2-5,7,10,22H2,1H3,(H,24,26). The van der Waals surface area contributed by atoms with Crippen LogP contribution in [0.25, 0.3) is 16.1 Å². The number of anilines is 2. The minimum atomic E-state index is 0.196. The first kappa shape index (κ1) is 20.8. The molecule has 1 aliphatic carbocycles. The number of azide groups is 1. The van der Waals surface area contributed by atoms with Crippen LogP contribution in [-0.2, 0) is 6.42 Å². The molecule has 0 spiro atoms. The van der Waals surface area contributed by atoms with Crippen molar-refractivity contribution >= 4 is 28.9 Å². The van der Waals surface area contributed by atoms with Gasteiger partial charge in [0.15, 0.2) is 5.65 Å². The molecule has 0 radical (unpaired) electrons. The molecule has 0 aliphatic heterocycles. The summed E-state index contributed by atoms with van der Waals surface area (Å²) >= 11 is 6.27. The highest BCUT2D eigenvalue weighted by molar-refractivity contribution is 6.34. The maximum atomic E-state index is 9.53. The van der Waals surface area contributed by atoms with Gasteiger partial charge in [-0.05, 0) is 37.3 Å². The van der Waals surface area contributed by atoms with E-state index in [0.717, 1.165) is 25.0 Å². The molecule has 12 heteroatoms. The summed E-state index contributed by atoms with van der Waals surface area (Å²) in [6.07, 6.45) is 5.81. The Balaban J connectivity index is 1.46. The van der Waals surface area contributed by atoms with Crippen molar-refractivity contribution in [3.63, 3.8) is 0 Å². The topological polar surface area (TPSA) is 159 Å². The molecule has 2 unspecified atom stereocenters. The predicted octanol–water partition coefficient (Wildman–Crippen LogP) is 3.65. The molecule has 3 aromatic heterocycles. The average molecular weight is 440 g/mol. The van der Waals surface area contributed by atoms with E-state index in [4.69, 9.17) is 28.0 Å². The number of aromatic nitrogens is 5. The van der Waals surface area contributed by atoms with Gasteiger partial charge in [-0.15, -0.1) is 0 Å². The molecule has 2 atom stereocenters. The molecule has 3 aromatic rings. The van der Waals surface area contributed by atoms with Gasteiger partial charge < -0.3 is 11.1 Å². The first-order chi connectivity index (χ1) is 15.0. The van der Waals surface area contributed by atoms with Crippen molar-refractivity contribution in [2.24, 2.45) is 11.0 Å². The Kier molecular flexibility index (Phi) is 5.84. The monoisotopic (exact) mass is 439 g/mol. The van der Waals surface area contributed by atoms with Crippen molar-refractivity contribution in [3.05, 3.63) is 44.7 Å². The fraction of sp³-hybridized carbons (Fsp3) is 0.474. The fourth-order valence-electron chi connectivity index (χ4n) is 4.11. The number of fused-ring (bicyclic) bond motifs is 1. The van der Waals surface area contributed by atoms with Crippen LogP contribution >= 0.6 is 11.6 Å². The van der Waals surface area contributed by atoms with Gasteiger partial charge in [-0.25, -0.2) is 4.98 Å². The van der Waals surface area contributed by atoms with E-state index in [-0.39, 0.29) is 17.4 Å². The third-order valence-corrected chi connectivity index (χ3v) is 6.13. The van der Waals surface area contributed by atoms with E-state index < -0.39 is 0 Å². The Morgan fingerprint density at radius 3 is 3.06 bits per heavy atom. The van der Waals surface area contributed by atoms with Gasteiger partial charge in [0.2, 0.25) is 0 Å². The number of nitrogens with zero attached hydrogens (tertiary/aromatic N) is 9. The van der Waals surface area contributed by atoms with Gasteiger partial charge in [0, 0.05) is 30.6 Å². The molecular formula is C19H22ClN11. The van der Waals surface area contributed by atoms with E-state index in [0.29, 0.717) is 47.6 Å². The van der Waals surface area contributed by atoms with Gasteiger partial charge in [0.25, 0.3) is 0 Å². The quantitative estimate of drug-likeness (QED) is 0.324. The molecule has 1 fully saturated rings. The Morgan fingerprint density at radius 2 is 2.29 bits per heavy atom. The molecule has 1 saturated carbocycles. The molecule has 1 aliphatic rings. The van der Waals surface area contributed by atoms with E-state index in [1.54, 1.807) is 6.92 Å². The van der Waals surface area contributed by atoms with Gasteiger partial charge in [0.05, 0.1) is 17.4 Å². The Labute approximate surface area is 183 Å². The number of rotatable bonds is 7. The summed E-state index contributed by atoms with van der Waals surface area (Å²) in [6.45, 7) is 2.78. The Bertz CT molecular complexity index is 1200. The highest BCUT2D eigenvalue weighted by atomic mass is 35.5. The van der Waals surface area contributed by atoms with Crippen molar-refractivity contribution in [2.45, 2.75) is 38.6 Å². The second-order valence-electron chi connectivity index (χ2n) is 7.60. The molecule has 160 valence electrons. The summed E-state index contributed by atoms with van der Waals surface area (Å²) in [5, 5.41) is 25.8. The number of nitrogens with two attached hydrogens (primary N) is 1. The molecule has 0 aromatic carbocycles. The molecule has 4 rings (SSSR count). The van der Waals surface area contributed by atoms with Crippen LogP contribution in [0.15, 0.2) is 17.4 Å². The third-order valence-electron chi connectivity index (χ3n) is 5.69. The largest absolute Gasteiger partial charge is 0.382 e. The zero-order valence-electron chi connectivity index (χ0n) is 17.0. The predicted molar refractivity (Wildman–Crippen MR) is 117 cm³/mol. The fourth-order valence-corrected chi connectivity index (χ4v) is 4.27. The summed E-state index contributed by atoms with van der Waals surface area (Å²) in [5.41, 5.74) is 16.9. The number of hydrogen-bond donors (Lipinski definition) is 2. The highest BCUT2D eigenvalue weighted by Crippen LogP contribution is 2.35. The van der Waals surface area contributed by atoms with Crippen molar-refractivity contribution < 1.29 is 0 Å². The van der Waals surface area contributed by atoms with Gasteiger partial charge >= 0.3 is 0 Å². The molecule has 3 heterocycles. The average Bonchev–Trinajstić information content (AvgIpc) is 3.48. The van der Waals surface area contributed by atoms with Crippen LogP contribution in [0.1, 0.15) is 42.3 Å². The minimum absolute atomic E-state index is 0.196. The highest BCUT2D eigenvalue weighted by Gasteiger charge is 2.28. The van der Waals surface area contributed by atoms with E-state index in [2.05, 4.69) is 31.5 Å². The lowest BCUT2D eigenvalue weighted by Crippen LogP contribution is -2.17. The first-order valence-corrected chi connectivity index (χ1v) is 10.4. The molecule has 11 nitrogen and oxygen atoms in total. The van der Waals surface area contributed by atoms with Crippen molar-refractivity contribution in [1.82, 2.24) is 24.4 Å². The van der Waals surface area contributed by atoms with Crippen LogP contribution in [0, 0.1) is 24.2 Å². The van der Waals surface area contributed by atoms with Crippen molar-refractivity contribution in [3.8, 4) is 6.07 Å². The van der Waals surface area contributed by atoms with Gasteiger partial charge in [-0.2, -0.15) is 20.0 Å².